The van der Waals surface area contributed by atoms with Crippen molar-refractivity contribution in [3.63, 3.8) is 0 Å². The fourth-order valence-corrected chi connectivity index (χ4v) is 4.91. The lowest BCUT2D eigenvalue weighted by Gasteiger charge is -2.20. The second-order valence-corrected chi connectivity index (χ2v) is 10.2. The number of halogens is 6. The molecule has 2 aromatic heterocycles. The van der Waals surface area contributed by atoms with Crippen LogP contribution in [0.1, 0.15) is 41.9 Å². The SMILES string of the molecule is Cc1c(C(F)(F)F)nc(C(F)(F)F)c(C)c1NC(=O)N=[S@](N)(=O)c1cc(C(C)(C)O)cs1. The van der Waals surface area contributed by atoms with E-state index in [0.717, 1.165) is 25.2 Å². The molecule has 15 heteroatoms. The summed E-state index contributed by atoms with van der Waals surface area (Å²) in [5.41, 5.74) is -7.07. The standard InChI is InChI=1S/C17H18F6N4O3S2/c1-7-11(8(2)13(17(21,22)23)26-12(7)16(18,19)20)25-14(28)27-32(24,30)10-5-9(6-31-10)15(3,4)29/h5-6,29H,1-4H3,(H3,24,25,26,27,28,30)/t32-/m0/s1. The first-order chi connectivity index (χ1) is 14.2. The van der Waals surface area contributed by atoms with E-state index in [1.54, 1.807) is 0 Å². The number of hydrogen-bond acceptors (Lipinski definition) is 5. The Hall–Kier alpha value is -2.23. The third kappa shape index (κ3) is 5.57. The minimum atomic E-state index is -5.24. The molecule has 2 rings (SSSR count). The van der Waals surface area contributed by atoms with Crippen LogP contribution in [0.3, 0.4) is 0 Å². The topological polar surface area (TPSA) is 118 Å². The molecule has 0 bridgehead atoms. The summed E-state index contributed by atoms with van der Waals surface area (Å²) in [5, 5.41) is 18.8. The third-order valence-corrected chi connectivity index (χ3v) is 7.10. The molecule has 0 aliphatic rings. The molecule has 1 atom stereocenters. The predicted octanol–water partition coefficient (Wildman–Crippen LogP) is 4.96. The van der Waals surface area contributed by atoms with Crippen LogP contribution in [0.5, 0.6) is 0 Å². The van der Waals surface area contributed by atoms with Crippen molar-refractivity contribution in [1.29, 1.82) is 0 Å². The number of anilines is 1. The monoisotopic (exact) mass is 504 g/mol. The van der Waals surface area contributed by atoms with Crippen LogP contribution in [0, 0.1) is 13.8 Å². The van der Waals surface area contributed by atoms with E-state index in [0.29, 0.717) is 5.56 Å². The third-order valence-electron chi connectivity index (χ3n) is 4.24. The van der Waals surface area contributed by atoms with E-state index in [4.69, 9.17) is 5.14 Å². The number of nitrogens with zero attached hydrogens (tertiary/aromatic N) is 2. The highest BCUT2D eigenvalue weighted by atomic mass is 32.2. The molecular formula is C17H18F6N4O3S2. The fraction of sp³-hybridized carbons (Fsp3) is 0.412. The molecular weight excluding hydrogens is 486 g/mol. The molecule has 0 spiro atoms. The van der Waals surface area contributed by atoms with Crippen molar-refractivity contribution in [2.24, 2.45) is 9.50 Å². The summed E-state index contributed by atoms with van der Waals surface area (Å²) in [5.74, 6) is 0. The van der Waals surface area contributed by atoms with Crippen molar-refractivity contribution in [1.82, 2.24) is 4.98 Å². The molecule has 0 aliphatic carbocycles. The average Bonchev–Trinajstić information content (AvgIpc) is 3.07. The lowest BCUT2D eigenvalue weighted by Crippen LogP contribution is -2.23. The second kappa shape index (κ2) is 8.28. The number of rotatable bonds is 3. The number of carbonyl (C=O) groups excluding carboxylic acids is 1. The largest absolute Gasteiger partial charge is 0.433 e. The van der Waals surface area contributed by atoms with Gasteiger partial charge in [-0.25, -0.2) is 19.1 Å². The lowest BCUT2D eigenvalue weighted by molar-refractivity contribution is -0.150. The molecule has 2 amide bonds. The van der Waals surface area contributed by atoms with Gasteiger partial charge in [-0.1, -0.05) is 0 Å². The second-order valence-electron chi connectivity index (χ2n) is 7.23. The van der Waals surface area contributed by atoms with E-state index in [1.807, 2.05) is 5.32 Å². The smallest absolute Gasteiger partial charge is 0.386 e. The Bertz CT molecular complexity index is 1130. The van der Waals surface area contributed by atoms with Crippen molar-refractivity contribution in [3.8, 4) is 0 Å². The molecule has 0 aliphatic heterocycles. The summed E-state index contributed by atoms with van der Waals surface area (Å²) in [4.78, 5) is 15.0. The molecule has 0 saturated heterocycles. The van der Waals surface area contributed by atoms with Crippen LogP contribution in [-0.4, -0.2) is 20.3 Å². The van der Waals surface area contributed by atoms with Crippen LogP contribution in [0.25, 0.3) is 0 Å². The van der Waals surface area contributed by atoms with E-state index in [-0.39, 0.29) is 4.21 Å². The fourth-order valence-electron chi connectivity index (χ4n) is 2.63. The van der Waals surface area contributed by atoms with Gasteiger partial charge in [0, 0.05) is 11.1 Å². The van der Waals surface area contributed by atoms with Gasteiger partial charge in [-0.2, -0.15) is 26.3 Å². The Labute approximate surface area is 183 Å². The Kier molecular flexibility index (Phi) is 6.73. The maximum atomic E-state index is 13.2. The summed E-state index contributed by atoms with van der Waals surface area (Å²) in [6, 6.07) is -0.287. The van der Waals surface area contributed by atoms with E-state index in [1.165, 1.54) is 25.3 Å². The molecule has 0 radical (unpaired) electrons. The van der Waals surface area contributed by atoms with Crippen LogP contribution in [0.15, 0.2) is 20.0 Å². The van der Waals surface area contributed by atoms with Gasteiger partial charge in [-0.05, 0) is 44.7 Å². The van der Waals surface area contributed by atoms with Crippen molar-refractivity contribution in [3.05, 3.63) is 39.5 Å². The Balaban J connectivity index is 2.55. The number of thiophene rings is 1. The van der Waals surface area contributed by atoms with Gasteiger partial charge in [0.15, 0.2) is 9.92 Å². The summed E-state index contributed by atoms with van der Waals surface area (Å²) in [6.45, 7) is 4.53. The number of hydrogen-bond donors (Lipinski definition) is 3. The summed E-state index contributed by atoms with van der Waals surface area (Å²) < 4.78 is 95.0. The number of aromatic nitrogens is 1. The van der Waals surface area contributed by atoms with Gasteiger partial charge >= 0.3 is 18.4 Å². The van der Waals surface area contributed by atoms with Crippen LogP contribution >= 0.6 is 11.3 Å². The number of aliphatic hydroxyl groups is 1. The summed E-state index contributed by atoms with van der Waals surface area (Å²) >= 11 is 0.808. The molecule has 2 aromatic rings. The van der Waals surface area contributed by atoms with Crippen LogP contribution in [0.4, 0.5) is 36.8 Å². The first kappa shape index (κ1) is 26.0. The maximum absolute atomic E-state index is 13.2. The highest BCUT2D eigenvalue weighted by molar-refractivity contribution is 7.93. The number of amides is 2. The van der Waals surface area contributed by atoms with Crippen LogP contribution in [0.2, 0.25) is 0 Å². The molecule has 178 valence electrons. The molecule has 0 unspecified atom stereocenters. The lowest BCUT2D eigenvalue weighted by atomic mass is 10.0. The van der Waals surface area contributed by atoms with Crippen LogP contribution < -0.4 is 10.5 Å². The number of carbonyl (C=O) groups is 1. The van der Waals surface area contributed by atoms with Crippen molar-refractivity contribution < 1.29 is 40.5 Å². The number of alkyl halides is 6. The molecule has 2 heterocycles. The normalized spacial score (nSPS) is 14.8. The van der Waals surface area contributed by atoms with Crippen LogP contribution in [-0.2, 0) is 27.9 Å². The Morgan fingerprint density at radius 1 is 1.12 bits per heavy atom. The molecule has 0 fully saturated rings. The number of pyridine rings is 1. The zero-order chi connectivity index (χ0) is 24.9. The quantitative estimate of drug-likeness (QED) is 0.512. The first-order valence-corrected chi connectivity index (χ1v) is 11.0. The summed E-state index contributed by atoms with van der Waals surface area (Å²) in [6.07, 6.45) is -10.5. The van der Waals surface area contributed by atoms with Gasteiger partial charge in [-0.3, -0.25) is 0 Å². The average molecular weight is 504 g/mol. The first-order valence-electron chi connectivity index (χ1n) is 8.58. The molecule has 7 nitrogen and oxygen atoms in total. The van der Waals surface area contributed by atoms with Crippen molar-refractivity contribution >= 4 is 33.0 Å². The van der Waals surface area contributed by atoms with Crippen molar-refractivity contribution in [2.45, 2.75) is 49.9 Å². The minimum Gasteiger partial charge on any atom is -0.386 e. The van der Waals surface area contributed by atoms with E-state index < -0.39 is 62.1 Å². The van der Waals surface area contributed by atoms with E-state index in [2.05, 4.69) is 9.35 Å². The number of urea groups is 1. The van der Waals surface area contributed by atoms with E-state index in [9.17, 15) is 40.5 Å². The Morgan fingerprint density at radius 2 is 1.59 bits per heavy atom. The molecule has 4 N–H and O–H groups in total. The van der Waals surface area contributed by atoms with E-state index >= 15 is 0 Å². The van der Waals surface area contributed by atoms with Gasteiger partial charge in [0.1, 0.15) is 15.6 Å². The summed E-state index contributed by atoms with van der Waals surface area (Å²) in [7, 11) is -3.91. The van der Waals surface area contributed by atoms with Gasteiger partial charge in [-0.15, -0.1) is 15.7 Å². The van der Waals surface area contributed by atoms with Gasteiger partial charge in [0.25, 0.3) is 0 Å². The predicted molar refractivity (Wildman–Crippen MR) is 105 cm³/mol. The van der Waals surface area contributed by atoms with Crippen molar-refractivity contribution in [2.75, 3.05) is 5.32 Å². The zero-order valence-corrected chi connectivity index (χ0v) is 18.6. The van der Waals surface area contributed by atoms with Gasteiger partial charge in [0.2, 0.25) is 0 Å². The zero-order valence-electron chi connectivity index (χ0n) is 17.0. The highest BCUT2D eigenvalue weighted by Crippen LogP contribution is 2.40. The molecule has 0 aromatic carbocycles. The van der Waals surface area contributed by atoms with Gasteiger partial charge in [0.05, 0.1) is 11.3 Å². The maximum Gasteiger partial charge on any atom is 0.433 e. The number of nitrogens with one attached hydrogen (secondary N) is 1. The molecule has 0 saturated carbocycles. The minimum absolute atomic E-state index is 0.125. The molecule has 32 heavy (non-hydrogen) atoms. The Morgan fingerprint density at radius 3 is 1.97 bits per heavy atom. The van der Waals surface area contributed by atoms with Gasteiger partial charge < -0.3 is 10.4 Å². The number of nitrogens with two attached hydrogens (primary N) is 1. The highest BCUT2D eigenvalue weighted by Gasteiger charge is 2.42.